The van der Waals surface area contributed by atoms with E-state index < -0.39 is 0 Å². The van der Waals surface area contributed by atoms with Gasteiger partial charge in [0.15, 0.2) is 5.82 Å². The monoisotopic (exact) mass is 548 g/mol. The number of aryl methyl sites for hydroxylation is 1. The van der Waals surface area contributed by atoms with Crippen LogP contribution >= 0.6 is 0 Å². The lowest BCUT2D eigenvalue weighted by molar-refractivity contribution is -0.0249. The predicted molar refractivity (Wildman–Crippen MR) is 160 cm³/mol. The third-order valence-electron chi connectivity index (χ3n) is 8.98. The van der Waals surface area contributed by atoms with Crippen LogP contribution in [0.5, 0.6) is 0 Å². The molecule has 2 aromatic heterocycles. The Labute approximate surface area is 236 Å². The predicted octanol–water partition coefficient (Wildman–Crippen LogP) is 5.03. The molecule has 2 saturated heterocycles. The highest BCUT2D eigenvalue weighted by Crippen LogP contribution is 2.39. The molecule has 0 spiro atoms. The lowest BCUT2D eigenvalue weighted by atomic mass is 9.83. The van der Waals surface area contributed by atoms with Gasteiger partial charge in [0.05, 0.1) is 36.4 Å². The summed E-state index contributed by atoms with van der Waals surface area (Å²) in [6.07, 6.45) is 4.58. The molecule has 2 N–H and O–H groups in total. The molecule has 216 valence electrons. The summed E-state index contributed by atoms with van der Waals surface area (Å²) >= 11 is 0. The number of hydrogen-bond acceptors (Lipinski definition) is 6. The SMILES string of the molecule is CCC1(n2nc(Nc3ccc(C(=O)N4C(C)COCC4C)c(C)c3)c3c(=O)[nH]ccc32)CCN(C(C)(C)C)CC1. The number of benzene rings is 1. The maximum Gasteiger partial charge on any atom is 0.261 e. The molecule has 9 nitrogen and oxygen atoms in total. The highest BCUT2D eigenvalue weighted by Gasteiger charge is 2.40. The first-order valence-electron chi connectivity index (χ1n) is 14.6. The number of piperidine rings is 1. The fraction of sp³-hybridized carbons (Fsp3) is 0.581. The van der Waals surface area contributed by atoms with Gasteiger partial charge in [0.25, 0.3) is 11.5 Å². The topological polar surface area (TPSA) is 95.5 Å². The Hall–Kier alpha value is -3.17. The minimum atomic E-state index is -0.163. The van der Waals surface area contributed by atoms with Crippen LogP contribution < -0.4 is 10.9 Å². The van der Waals surface area contributed by atoms with Crippen molar-refractivity contribution in [2.45, 2.75) is 90.9 Å². The van der Waals surface area contributed by atoms with E-state index in [2.05, 4.69) is 47.6 Å². The van der Waals surface area contributed by atoms with Gasteiger partial charge in [0, 0.05) is 36.1 Å². The molecular weight excluding hydrogens is 504 g/mol. The fourth-order valence-corrected chi connectivity index (χ4v) is 6.50. The van der Waals surface area contributed by atoms with Crippen LogP contribution in [0.3, 0.4) is 0 Å². The molecule has 0 aliphatic carbocycles. The van der Waals surface area contributed by atoms with Crippen LogP contribution in [0.15, 0.2) is 35.3 Å². The number of hydrogen-bond donors (Lipinski definition) is 2. The highest BCUT2D eigenvalue weighted by atomic mass is 16.5. The van der Waals surface area contributed by atoms with Gasteiger partial charge in [-0.3, -0.25) is 19.2 Å². The van der Waals surface area contributed by atoms with Crippen LogP contribution in [0.2, 0.25) is 0 Å². The van der Waals surface area contributed by atoms with Crippen LogP contribution in [-0.4, -0.2) is 74.4 Å². The number of anilines is 2. The zero-order chi connectivity index (χ0) is 28.8. The van der Waals surface area contributed by atoms with Crippen molar-refractivity contribution < 1.29 is 9.53 Å². The summed E-state index contributed by atoms with van der Waals surface area (Å²) in [5, 5.41) is 9.03. The number of ether oxygens (including phenoxy) is 1. The van der Waals surface area contributed by atoms with Gasteiger partial charge in [-0.05, 0) is 90.6 Å². The quantitative estimate of drug-likeness (QED) is 0.465. The standard InChI is InChI=1S/C31H44N6O3/c1-8-31(12-15-35(16-13-31)30(5,6)7)37-25-11-14-32-28(38)26(25)27(34-37)33-23-9-10-24(20(2)17-23)29(39)36-21(3)18-40-19-22(36)4/h9-11,14,17,21-22H,8,12-13,15-16,18-19H2,1-7H3,(H,32,38)(H,33,34). The molecule has 9 heteroatoms. The summed E-state index contributed by atoms with van der Waals surface area (Å²) < 4.78 is 7.71. The summed E-state index contributed by atoms with van der Waals surface area (Å²) in [7, 11) is 0. The van der Waals surface area contributed by atoms with Gasteiger partial charge >= 0.3 is 0 Å². The summed E-state index contributed by atoms with van der Waals surface area (Å²) in [6.45, 7) is 18.1. The van der Waals surface area contributed by atoms with Crippen LogP contribution in [-0.2, 0) is 10.3 Å². The molecule has 0 saturated carbocycles. The minimum Gasteiger partial charge on any atom is -0.377 e. The van der Waals surface area contributed by atoms with Crippen molar-refractivity contribution in [1.82, 2.24) is 24.6 Å². The number of morpholine rings is 1. The van der Waals surface area contributed by atoms with E-state index in [4.69, 9.17) is 9.84 Å². The van der Waals surface area contributed by atoms with Crippen molar-refractivity contribution >= 4 is 28.3 Å². The van der Waals surface area contributed by atoms with Gasteiger partial charge in [-0.15, -0.1) is 0 Å². The van der Waals surface area contributed by atoms with E-state index in [1.807, 2.05) is 49.9 Å². The van der Waals surface area contributed by atoms with E-state index in [1.54, 1.807) is 6.20 Å². The molecule has 2 aliphatic heterocycles. The summed E-state index contributed by atoms with van der Waals surface area (Å²) in [5.41, 5.74) is 2.98. The maximum atomic E-state index is 13.4. The number of aromatic amines is 1. The van der Waals surface area contributed by atoms with E-state index in [0.717, 1.165) is 49.1 Å². The summed E-state index contributed by atoms with van der Waals surface area (Å²) in [5.74, 6) is 0.557. The lowest BCUT2D eigenvalue weighted by Gasteiger charge is -2.46. The number of fused-ring (bicyclic) bond motifs is 1. The molecule has 4 heterocycles. The smallest absolute Gasteiger partial charge is 0.261 e. The van der Waals surface area contributed by atoms with Crippen LogP contribution in [0.1, 0.15) is 76.7 Å². The largest absolute Gasteiger partial charge is 0.377 e. The Bertz CT molecular complexity index is 1430. The second-order valence-electron chi connectivity index (χ2n) is 12.7. The Morgan fingerprint density at radius 1 is 1.15 bits per heavy atom. The van der Waals surface area contributed by atoms with Gasteiger partial charge in [-0.2, -0.15) is 5.10 Å². The summed E-state index contributed by atoms with van der Waals surface area (Å²) in [4.78, 5) is 33.8. The molecule has 40 heavy (non-hydrogen) atoms. The summed E-state index contributed by atoms with van der Waals surface area (Å²) in [6, 6.07) is 7.74. The number of rotatable bonds is 5. The number of aromatic nitrogens is 3. The highest BCUT2D eigenvalue weighted by molar-refractivity contribution is 5.97. The zero-order valence-corrected chi connectivity index (χ0v) is 25.0. The number of carbonyl (C=O) groups is 1. The number of H-pyrrole nitrogens is 1. The molecule has 2 fully saturated rings. The second kappa shape index (κ2) is 10.7. The molecule has 1 amide bonds. The van der Waals surface area contributed by atoms with Crippen molar-refractivity contribution in [3.05, 3.63) is 51.9 Å². The van der Waals surface area contributed by atoms with Gasteiger partial charge in [-0.25, -0.2) is 0 Å². The van der Waals surface area contributed by atoms with E-state index in [1.165, 1.54) is 0 Å². The average molecular weight is 549 g/mol. The number of likely N-dealkylation sites (tertiary alicyclic amines) is 1. The molecule has 0 radical (unpaired) electrons. The third-order valence-corrected chi connectivity index (χ3v) is 8.98. The molecule has 2 unspecified atom stereocenters. The lowest BCUT2D eigenvalue weighted by Crippen LogP contribution is -2.52. The van der Waals surface area contributed by atoms with Crippen LogP contribution in [0.25, 0.3) is 10.9 Å². The number of nitrogens with zero attached hydrogens (tertiary/aromatic N) is 4. The van der Waals surface area contributed by atoms with E-state index in [9.17, 15) is 9.59 Å². The Morgan fingerprint density at radius 2 is 1.82 bits per heavy atom. The molecule has 2 atom stereocenters. The zero-order valence-electron chi connectivity index (χ0n) is 25.0. The van der Waals surface area contributed by atoms with Crippen molar-refractivity contribution in [3.63, 3.8) is 0 Å². The van der Waals surface area contributed by atoms with Gasteiger partial charge in [0.1, 0.15) is 5.39 Å². The molecule has 3 aromatic rings. The Morgan fingerprint density at radius 3 is 2.42 bits per heavy atom. The molecule has 5 rings (SSSR count). The second-order valence-corrected chi connectivity index (χ2v) is 12.7. The van der Waals surface area contributed by atoms with Gasteiger partial charge < -0.3 is 19.9 Å². The normalized spacial score (nSPS) is 22.0. The number of pyridine rings is 1. The molecule has 1 aromatic carbocycles. The average Bonchev–Trinajstić information content (AvgIpc) is 3.28. The number of amides is 1. The first kappa shape index (κ1) is 28.4. The minimum absolute atomic E-state index is 0.0185. The van der Waals surface area contributed by atoms with Crippen LogP contribution in [0, 0.1) is 6.92 Å². The fourth-order valence-electron chi connectivity index (χ4n) is 6.50. The third kappa shape index (κ3) is 5.05. The Kier molecular flexibility index (Phi) is 7.56. The van der Waals surface area contributed by atoms with E-state index in [-0.39, 0.29) is 34.6 Å². The molecule has 2 aliphatic rings. The van der Waals surface area contributed by atoms with Crippen LogP contribution in [0.4, 0.5) is 11.5 Å². The van der Waals surface area contributed by atoms with Crippen molar-refractivity contribution in [2.75, 3.05) is 31.6 Å². The van der Waals surface area contributed by atoms with Gasteiger partial charge in [-0.1, -0.05) is 6.92 Å². The van der Waals surface area contributed by atoms with Crippen molar-refractivity contribution in [2.24, 2.45) is 0 Å². The first-order valence-corrected chi connectivity index (χ1v) is 14.6. The molecule has 0 bridgehead atoms. The maximum absolute atomic E-state index is 13.4. The van der Waals surface area contributed by atoms with Crippen molar-refractivity contribution in [3.8, 4) is 0 Å². The first-order chi connectivity index (χ1) is 18.9. The Balaban J connectivity index is 1.46. The number of nitrogens with one attached hydrogen (secondary N) is 2. The van der Waals surface area contributed by atoms with Gasteiger partial charge in [0.2, 0.25) is 0 Å². The van der Waals surface area contributed by atoms with E-state index in [0.29, 0.717) is 30.0 Å². The van der Waals surface area contributed by atoms with Crippen molar-refractivity contribution in [1.29, 1.82) is 0 Å². The molecular formula is C31H44N6O3. The van der Waals surface area contributed by atoms with E-state index >= 15 is 0 Å². The number of carbonyl (C=O) groups excluding carboxylic acids is 1.